The molecule has 40 heteroatoms. The number of hydrogen-bond acceptors (Lipinski definition) is 24. The maximum absolute atomic E-state index is 15.2. The van der Waals surface area contributed by atoms with Gasteiger partial charge in [-0.3, -0.25) is 72.1 Å². The van der Waals surface area contributed by atoms with Crippen LogP contribution < -0.4 is 92.1 Å². The monoisotopic (exact) mass is 1650 g/mol. The van der Waals surface area contributed by atoms with Gasteiger partial charge < -0.3 is 112 Å². The van der Waals surface area contributed by atoms with E-state index in [-0.39, 0.29) is 114 Å². The van der Waals surface area contributed by atoms with E-state index in [1.54, 1.807) is 123 Å². The van der Waals surface area contributed by atoms with Crippen LogP contribution in [0.1, 0.15) is 113 Å². The van der Waals surface area contributed by atoms with Gasteiger partial charge in [0.2, 0.25) is 71.4 Å². The summed E-state index contributed by atoms with van der Waals surface area (Å²) in [5.41, 5.74) is 25.8. The number of fused-ring (bicyclic) bond motifs is 1. The minimum Gasteiger partial charge on any atom is -0.481 e. The summed E-state index contributed by atoms with van der Waals surface area (Å²) < 4.78 is 1.05. The molecule has 0 saturated carbocycles. The molecule has 3 aromatic carbocycles. The smallest absolute Gasteiger partial charge is 0.345 e. The first-order valence-corrected chi connectivity index (χ1v) is 39.1. The lowest BCUT2D eigenvalue weighted by molar-refractivity contribution is -0.137. The van der Waals surface area contributed by atoms with Crippen molar-refractivity contribution < 1.29 is 87.2 Å². The molecule has 634 valence electrons. The molecule has 5 aromatic rings. The Bertz CT molecular complexity index is 4290. The quantitative estimate of drug-likeness (QED) is 0.0171. The van der Waals surface area contributed by atoms with Gasteiger partial charge in [-0.15, -0.1) is 0 Å². The van der Waals surface area contributed by atoms with Gasteiger partial charge in [0.25, 0.3) is 5.91 Å². The van der Waals surface area contributed by atoms with Crippen molar-refractivity contribution >= 4 is 124 Å². The van der Waals surface area contributed by atoms with E-state index in [9.17, 15) is 82.4 Å². The van der Waals surface area contributed by atoms with Gasteiger partial charge >= 0.3 is 12.0 Å². The summed E-state index contributed by atoms with van der Waals surface area (Å²) in [6.07, 6.45) is -1.51. The normalized spacial score (nSPS) is 19.4. The molecule has 6 rings (SSSR count). The number of hydrogen-bond donors (Lipinski definition) is 20. The first-order valence-electron chi connectivity index (χ1n) is 38.2. The van der Waals surface area contributed by atoms with Crippen LogP contribution in [0.25, 0.3) is 23.1 Å². The highest BCUT2D eigenvalue weighted by Crippen LogP contribution is 2.34. The van der Waals surface area contributed by atoms with Crippen molar-refractivity contribution in [2.75, 3.05) is 59.4 Å². The first kappa shape index (κ1) is 94.0. The van der Waals surface area contributed by atoms with Crippen molar-refractivity contribution in [1.29, 1.82) is 0 Å². The molecule has 0 bridgehead atoms. The summed E-state index contributed by atoms with van der Waals surface area (Å²) in [5, 5.41) is 69.5. The van der Waals surface area contributed by atoms with Crippen molar-refractivity contribution in [3.63, 3.8) is 0 Å². The molecular formula is C77H107N21O18S. The Hall–Kier alpha value is -11.8. The van der Waals surface area contributed by atoms with E-state index in [2.05, 4.69) is 74.1 Å². The van der Waals surface area contributed by atoms with Gasteiger partial charge in [0, 0.05) is 73.9 Å². The second kappa shape index (κ2) is 47.9. The number of carbonyl (C=O) groups excluding carboxylic acids is 14. The second-order valence-electron chi connectivity index (χ2n) is 28.0. The number of nitrogens with two attached hydrogens (primary N) is 4. The Morgan fingerprint density at radius 2 is 1.26 bits per heavy atom. The van der Waals surface area contributed by atoms with E-state index in [1.165, 1.54) is 25.7 Å². The number of rotatable bonds is 36. The summed E-state index contributed by atoms with van der Waals surface area (Å²) in [6.45, 7) is 3.14. The van der Waals surface area contributed by atoms with Gasteiger partial charge in [0.15, 0.2) is 0 Å². The largest absolute Gasteiger partial charge is 0.481 e. The maximum atomic E-state index is 15.2. The van der Waals surface area contributed by atoms with Crippen LogP contribution in [-0.2, 0) is 68.7 Å². The molecule has 39 nitrogen and oxygen atoms in total. The molecule has 0 spiro atoms. The van der Waals surface area contributed by atoms with Crippen LogP contribution in [0.15, 0.2) is 107 Å². The van der Waals surface area contributed by atoms with E-state index in [0.29, 0.717) is 32.0 Å². The van der Waals surface area contributed by atoms with E-state index in [0.717, 1.165) is 16.5 Å². The predicted molar refractivity (Wildman–Crippen MR) is 429 cm³/mol. The summed E-state index contributed by atoms with van der Waals surface area (Å²) in [5.74, 6) is -12.7. The van der Waals surface area contributed by atoms with Gasteiger partial charge in [0.1, 0.15) is 60.4 Å². The molecule has 12 atom stereocenters. The van der Waals surface area contributed by atoms with Crippen LogP contribution in [0.5, 0.6) is 0 Å². The van der Waals surface area contributed by atoms with Crippen LogP contribution in [0.3, 0.4) is 0 Å². The molecule has 2 aromatic heterocycles. The average Bonchev–Trinajstić information content (AvgIpc) is 1.64. The van der Waals surface area contributed by atoms with Gasteiger partial charge in [-0.1, -0.05) is 74.1 Å². The van der Waals surface area contributed by atoms with Crippen molar-refractivity contribution in [3.05, 3.63) is 120 Å². The first-order chi connectivity index (χ1) is 55.9. The van der Waals surface area contributed by atoms with Gasteiger partial charge in [-0.2, -0.15) is 9.78 Å². The van der Waals surface area contributed by atoms with Crippen LogP contribution in [-0.4, -0.2) is 256 Å². The number of carboxylic acids is 1. The molecule has 14 amide bonds. The maximum Gasteiger partial charge on any atom is 0.345 e. The van der Waals surface area contributed by atoms with Gasteiger partial charge in [0.05, 0.1) is 34.7 Å². The predicted octanol–water partition coefficient (Wildman–Crippen LogP) is -3.80. The van der Waals surface area contributed by atoms with Crippen molar-refractivity contribution in [3.8, 4) is 0 Å². The zero-order valence-corrected chi connectivity index (χ0v) is 66.5. The number of aliphatic hydroxyl groups is 2. The van der Waals surface area contributed by atoms with Crippen molar-refractivity contribution in [2.24, 2.45) is 28.9 Å². The number of carboxylic acid groups (broad SMARTS) is 1. The second-order valence-corrected chi connectivity index (χ2v) is 29.1. The average molecular weight is 1650 g/mol. The molecule has 0 radical (unpaired) electrons. The molecule has 0 aliphatic carbocycles. The Kier molecular flexibility index (Phi) is 38.5. The number of amides is 14. The number of benzene rings is 3. The summed E-state index contributed by atoms with van der Waals surface area (Å²) in [7, 11) is 1.49. The minimum atomic E-state index is -1.88. The summed E-state index contributed by atoms with van der Waals surface area (Å²) >= 11 is 1.21. The molecule has 1 saturated heterocycles. The van der Waals surface area contributed by atoms with E-state index >= 15 is 4.79 Å². The Labute approximate surface area is 679 Å². The fourth-order valence-corrected chi connectivity index (χ4v) is 13.3. The van der Waals surface area contributed by atoms with Crippen LogP contribution >= 0.6 is 11.8 Å². The fourth-order valence-electron chi connectivity index (χ4n) is 12.3. The standard InChI is InChI=1S/C77H107N21O18S/c1-43(2)39-58-73(112)89-53(24-30-78)68(107)88-56(27-33-81)72(111)95-64(44(3)100)75(114)84-35-28-57(71(110)87-54(25-31-79)70(109)93-59(74(113)92-58)40-46-13-7-6-8-14-46)90-69(108)55(26-32-80)91-76(115)65(45(4)101)94-62(102)29-37-97(38-36-85-67(106)52(86-42-99)22-23-63(103)104)77(116)98-60-41-48(117-61-17-10-9-16-50(61)66(105)82-5)19-20-49(60)51(96-98)21-18-47-15-11-12-34-83-47/h6-21,34,41-45,52-59,64-65,100-101H,22-33,35-40,78-81H2,1-5H3,(H,82,105)(H,84,114)(H,85,106)(H,86,99)(H,87,110)(H,88,107)(H,89,112)(H,90,108)(H,91,115)(H,92,113)(H,93,109)(H,94,102)(H,95,111)(H,103,104)/b21-18+/t44-,45-,52+,53+,54+,55+,56+,57+,58+,59-,64+,65+/m1/s1. The third-order valence-electron chi connectivity index (χ3n) is 18.5. The highest BCUT2D eigenvalue weighted by atomic mass is 32.2. The third kappa shape index (κ3) is 29.5. The number of aromatic nitrogens is 3. The highest BCUT2D eigenvalue weighted by molar-refractivity contribution is 7.99. The number of nitrogens with one attached hydrogen (secondary N) is 13. The Morgan fingerprint density at radius 1 is 0.650 bits per heavy atom. The van der Waals surface area contributed by atoms with Gasteiger partial charge in [-0.05, 0) is 151 Å². The molecule has 0 unspecified atom stereocenters. The van der Waals surface area contributed by atoms with Crippen LogP contribution in [0, 0.1) is 5.92 Å². The summed E-state index contributed by atoms with van der Waals surface area (Å²) in [6, 6.07) is 9.04. The zero-order chi connectivity index (χ0) is 85.8. The summed E-state index contributed by atoms with van der Waals surface area (Å²) in [4.78, 5) is 215. The van der Waals surface area contributed by atoms with E-state index < -0.39 is 182 Å². The molecule has 1 fully saturated rings. The molecule has 24 N–H and O–H groups in total. The van der Waals surface area contributed by atoms with E-state index in [1.807, 2.05) is 0 Å². The lowest BCUT2D eigenvalue weighted by Gasteiger charge is -2.28. The topological polar surface area (TPSA) is 611 Å². The minimum absolute atomic E-state index is 0.00342. The number of carbonyl (C=O) groups is 15. The van der Waals surface area contributed by atoms with Crippen molar-refractivity contribution in [1.82, 2.24) is 88.8 Å². The Balaban J connectivity index is 1.32. The number of aliphatic carboxylic acids is 1. The third-order valence-corrected chi connectivity index (χ3v) is 19.5. The lowest BCUT2D eigenvalue weighted by atomic mass is 10.00. The zero-order valence-electron chi connectivity index (χ0n) is 65.7. The van der Waals surface area contributed by atoms with Crippen LogP contribution in [0.4, 0.5) is 4.79 Å². The number of nitrogens with zero attached hydrogens (tertiary/aromatic N) is 4. The molecule has 1 aliphatic heterocycles. The lowest BCUT2D eigenvalue weighted by Crippen LogP contribution is -2.61. The van der Waals surface area contributed by atoms with Crippen molar-refractivity contribution in [2.45, 2.75) is 174 Å². The molecule has 1 aliphatic rings. The number of aliphatic hydroxyl groups excluding tert-OH is 2. The van der Waals surface area contributed by atoms with E-state index in [4.69, 9.17) is 28.0 Å². The van der Waals surface area contributed by atoms with Crippen LogP contribution in [0.2, 0.25) is 0 Å². The number of pyridine rings is 1. The molecule has 3 heterocycles. The highest BCUT2D eigenvalue weighted by Gasteiger charge is 2.38. The Morgan fingerprint density at radius 3 is 1.85 bits per heavy atom. The SMILES string of the molecule is CNC(=O)c1ccccc1Sc1ccc2c(/C=C/c3ccccn3)nn(C(=O)N(CCNC(=O)[C@H](CCC(=O)O)NC=O)CCC(=O)N[C@H](C(=O)N[C@@H](CCN)C(=O)N[C@H]3CCNC(=O)[C@H]([C@@H](C)O)NC(=O)[C@H](CCN)NC(=O)[C@H](CCN)NC(=O)[C@H](CC(C)C)NC(=O)[C@@H](Cc4ccccc4)NC(=O)[C@H](CCN)NC3=O)[C@@H](C)O)c2c1. The fraction of sp³-hybridized carbons (Fsp3) is 0.468. The molecule has 117 heavy (non-hydrogen) atoms. The molecular weight excluding hydrogens is 1540 g/mol. The van der Waals surface area contributed by atoms with Gasteiger partial charge in [-0.25, -0.2) is 4.79 Å².